The van der Waals surface area contributed by atoms with Crippen LogP contribution in [0.4, 0.5) is 28.3 Å². The van der Waals surface area contributed by atoms with Crippen molar-refractivity contribution in [3.63, 3.8) is 0 Å². The molecule has 4 heterocycles. The Hall–Kier alpha value is -4.16. The van der Waals surface area contributed by atoms with Crippen LogP contribution >= 0.6 is 0 Å². The van der Waals surface area contributed by atoms with Crippen LogP contribution in [0.2, 0.25) is 0 Å². The minimum Gasteiger partial charge on any atom is -0.465 e. The summed E-state index contributed by atoms with van der Waals surface area (Å²) in [7, 11) is 0. The van der Waals surface area contributed by atoms with Gasteiger partial charge in [0.1, 0.15) is 17.1 Å². The van der Waals surface area contributed by atoms with Crippen molar-refractivity contribution in [3.8, 4) is 22.4 Å². The van der Waals surface area contributed by atoms with E-state index in [2.05, 4.69) is 25.4 Å². The molecule has 1 atom stereocenters. The molecule has 1 aliphatic rings. The average molecular weight is 518 g/mol. The summed E-state index contributed by atoms with van der Waals surface area (Å²) in [6, 6.07) is 2.29. The third-order valence-electron chi connectivity index (χ3n) is 6.45. The lowest BCUT2D eigenvalue weighted by atomic mass is 9.99. The molecule has 9 nitrogen and oxygen atoms in total. The standard InChI is InChI=1S/C24H22F4N6O3/c1-11-20(12(2)37-33-11)15-7-19-14(6-18(15)25)16(8-29-19)21-17(24(26,27)28)9-30-22(32-21)31-13-4-3-5-34(10-13)23(35)36/h6-9,13,29H,3-5,10H2,1-2H3,(H,35,36)(H,30,31,32). The van der Waals surface area contributed by atoms with Gasteiger partial charge >= 0.3 is 12.3 Å². The second-order valence-electron chi connectivity index (χ2n) is 8.94. The van der Waals surface area contributed by atoms with Gasteiger partial charge in [0.15, 0.2) is 0 Å². The predicted molar refractivity (Wildman–Crippen MR) is 125 cm³/mol. The maximum atomic E-state index is 15.2. The number of amides is 1. The number of alkyl halides is 3. The van der Waals surface area contributed by atoms with Crippen LogP contribution in [0, 0.1) is 19.7 Å². The number of fused-ring (bicyclic) bond motifs is 1. The van der Waals surface area contributed by atoms with Gasteiger partial charge in [-0.15, -0.1) is 0 Å². The summed E-state index contributed by atoms with van der Waals surface area (Å²) in [6.45, 7) is 3.84. The fourth-order valence-electron chi connectivity index (χ4n) is 4.71. The van der Waals surface area contributed by atoms with Crippen molar-refractivity contribution in [1.82, 2.24) is 25.0 Å². The van der Waals surface area contributed by atoms with Crippen LogP contribution < -0.4 is 5.32 Å². The molecule has 3 N–H and O–H groups in total. The number of halogens is 4. The number of hydrogen-bond donors (Lipinski definition) is 3. The predicted octanol–water partition coefficient (Wildman–Crippen LogP) is 5.61. The van der Waals surface area contributed by atoms with Crippen LogP contribution in [0.5, 0.6) is 0 Å². The summed E-state index contributed by atoms with van der Waals surface area (Å²) in [5, 5.41) is 16.2. The van der Waals surface area contributed by atoms with E-state index in [1.165, 1.54) is 17.2 Å². The van der Waals surface area contributed by atoms with E-state index >= 15 is 4.39 Å². The minimum absolute atomic E-state index is 0.0489. The van der Waals surface area contributed by atoms with Gasteiger partial charge in [0.25, 0.3) is 0 Å². The van der Waals surface area contributed by atoms with Crippen molar-refractivity contribution in [2.75, 3.05) is 18.4 Å². The van der Waals surface area contributed by atoms with Crippen molar-refractivity contribution in [2.24, 2.45) is 0 Å². The second kappa shape index (κ2) is 9.05. The SMILES string of the molecule is Cc1noc(C)c1-c1cc2[nH]cc(-c3nc(NC4CCCN(C(=O)O)C4)ncc3C(F)(F)F)c2cc1F. The fraction of sp³-hybridized carbons (Fsp3) is 0.333. The van der Waals surface area contributed by atoms with Gasteiger partial charge in [-0.3, -0.25) is 0 Å². The Balaban J connectivity index is 1.57. The number of nitrogens with one attached hydrogen (secondary N) is 2. The van der Waals surface area contributed by atoms with Gasteiger partial charge in [0, 0.05) is 53.6 Å². The van der Waals surface area contributed by atoms with E-state index in [0.717, 1.165) is 6.07 Å². The molecule has 1 fully saturated rings. The number of aromatic nitrogens is 4. The molecule has 0 spiro atoms. The zero-order valence-electron chi connectivity index (χ0n) is 19.8. The molecule has 13 heteroatoms. The molecule has 1 unspecified atom stereocenters. The summed E-state index contributed by atoms with van der Waals surface area (Å²) >= 11 is 0. The van der Waals surface area contributed by atoms with Crippen LogP contribution in [0.25, 0.3) is 33.3 Å². The number of nitrogens with zero attached hydrogens (tertiary/aromatic N) is 4. The molecule has 0 radical (unpaired) electrons. The number of benzene rings is 1. The highest BCUT2D eigenvalue weighted by Gasteiger charge is 2.36. The fourth-order valence-corrected chi connectivity index (χ4v) is 4.71. The van der Waals surface area contributed by atoms with Gasteiger partial charge in [-0.05, 0) is 38.8 Å². The third-order valence-corrected chi connectivity index (χ3v) is 6.45. The molecule has 4 aromatic rings. The Morgan fingerprint density at radius 3 is 2.73 bits per heavy atom. The first-order valence-electron chi connectivity index (χ1n) is 11.5. The van der Waals surface area contributed by atoms with Crippen LogP contribution in [-0.2, 0) is 6.18 Å². The molecule has 5 rings (SSSR count). The number of anilines is 1. The normalized spacial score (nSPS) is 16.4. The number of hydrogen-bond acceptors (Lipinski definition) is 6. The third kappa shape index (κ3) is 4.56. The van der Waals surface area contributed by atoms with Crippen LogP contribution in [0.15, 0.2) is 29.0 Å². The summed E-state index contributed by atoms with van der Waals surface area (Å²) in [5.74, 6) is -0.320. The number of carbonyl (C=O) groups is 1. The van der Waals surface area contributed by atoms with Crippen molar-refractivity contribution < 1.29 is 32.0 Å². The molecular weight excluding hydrogens is 496 g/mol. The Morgan fingerprint density at radius 1 is 1.27 bits per heavy atom. The summed E-state index contributed by atoms with van der Waals surface area (Å²) in [4.78, 5) is 23.4. The molecule has 1 aliphatic heterocycles. The van der Waals surface area contributed by atoms with E-state index in [4.69, 9.17) is 4.52 Å². The molecule has 1 aromatic carbocycles. The average Bonchev–Trinajstić information content (AvgIpc) is 3.39. The number of likely N-dealkylation sites (tertiary alicyclic amines) is 1. The van der Waals surface area contributed by atoms with E-state index in [1.54, 1.807) is 13.8 Å². The first kappa shape index (κ1) is 24.5. The van der Waals surface area contributed by atoms with Crippen LogP contribution in [0.1, 0.15) is 29.9 Å². The van der Waals surface area contributed by atoms with E-state index in [0.29, 0.717) is 48.1 Å². The minimum atomic E-state index is -4.77. The lowest BCUT2D eigenvalue weighted by molar-refractivity contribution is -0.137. The molecule has 1 saturated heterocycles. The summed E-state index contributed by atoms with van der Waals surface area (Å²) in [5.41, 5.74) is 0.112. The number of piperidine rings is 1. The van der Waals surface area contributed by atoms with Crippen LogP contribution in [0.3, 0.4) is 0 Å². The quantitative estimate of drug-likeness (QED) is 0.301. The van der Waals surface area contributed by atoms with E-state index in [1.807, 2.05) is 0 Å². The first-order valence-corrected chi connectivity index (χ1v) is 11.5. The van der Waals surface area contributed by atoms with Gasteiger partial charge in [-0.25, -0.2) is 19.2 Å². The number of carboxylic acid groups (broad SMARTS) is 1. The first-order chi connectivity index (χ1) is 17.5. The maximum absolute atomic E-state index is 15.2. The molecule has 0 aliphatic carbocycles. The Kier molecular flexibility index (Phi) is 6.00. The van der Waals surface area contributed by atoms with Crippen molar-refractivity contribution >= 4 is 22.9 Å². The number of H-pyrrole nitrogens is 1. The van der Waals surface area contributed by atoms with Crippen molar-refractivity contribution in [3.05, 3.63) is 47.4 Å². The number of rotatable bonds is 4. The molecule has 1 amide bonds. The van der Waals surface area contributed by atoms with Gasteiger partial charge < -0.3 is 24.8 Å². The van der Waals surface area contributed by atoms with Crippen LogP contribution in [-0.4, -0.2) is 55.3 Å². The zero-order chi connectivity index (χ0) is 26.5. The largest absolute Gasteiger partial charge is 0.465 e. The maximum Gasteiger partial charge on any atom is 0.419 e. The highest BCUT2D eigenvalue weighted by Crippen LogP contribution is 2.40. The molecule has 194 valence electrons. The number of aryl methyl sites for hydroxylation is 2. The molecule has 3 aromatic heterocycles. The van der Waals surface area contributed by atoms with Gasteiger partial charge in [-0.1, -0.05) is 5.16 Å². The van der Waals surface area contributed by atoms with Gasteiger partial charge in [0.2, 0.25) is 5.95 Å². The summed E-state index contributed by atoms with van der Waals surface area (Å²) < 4.78 is 62.1. The Morgan fingerprint density at radius 2 is 2.05 bits per heavy atom. The Labute approximate surface area is 207 Å². The van der Waals surface area contributed by atoms with E-state index in [9.17, 15) is 23.1 Å². The van der Waals surface area contributed by atoms with Crippen molar-refractivity contribution in [1.29, 1.82) is 0 Å². The molecule has 37 heavy (non-hydrogen) atoms. The highest BCUT2D eigenvalue weighted by molar-refractivity contribution is 5.98. The van der Waals surface area contributed by atoms with Crippen molar-refractivity contribution in [2.45, 2.75) is 38.9 Å². The molecule has 0 saturated carbocycles. The van der Waals surface area contributed by atoms with Gasteiger partial charge in [0.05, 0.1) is 17.0 Å². The highest BCUT2D eigenvalue weighted by atomic mass is 19.4. The van der Waals surface area contributed by atoms with E-state index < -0.39 is 29.3 Å². The lowest BCUT2D eigenvalue weighted by Crippen LogP contribution is -2.44. The second-order valence-corrected chi connectivity index (χ2v) is 8.94. The molecule has 0 bridgehead atoms. The zero-order valence-corrected chi connectivity index (χ0v) is 19.8. The topological polar surface area (TPSA) is 120 Å². The molecular formula is C24H22F4N6O3. The Bertz CT molecular complexity index is 1480. The lowest BCUT2D eigenvalue weighted by Gasteiger charge is -2.31. The van der Waals surface area contributed by atoms with Gasteiger partial charge in [-0.2, -0.15) is 13.2 Å². The van der Waals surface area contributed by atoms with E-state index in [-0.39, 0.29) is 35.0 Å². The summed E-state index contributed by atoms with van der Waals surface area (Å²) in [6.07, 6.45) is -2.63. The number of aromatic amines is 1. The smallest absolute Gasteiger partial charge is 0.419 e. The monoisotopic (exact) mass is 518 g/mol.